The molecular weight excluding hydrogens is 419 g/mol. The molecule has 0 bridgehead atoms. The number of fused-ring (bicyclic) bond motifs is 1. The number of para-hydroxylation sites is 1. The predicted molar refractivity (Wildman–Crippen MR) is 108 cm³/mol. The molecule has 0 N–H and O–H groups in total. The molecule has 2 aromatic heterocycles. The summed E-state index contributed by atoms with van der Waals surface area (Å²) in [7, 11) is 0. The third-order valence-electron chi connectivity index (χ3n) is 4.46. The Morgan fingerprint density at radius 2 is 1.76 bits per heavy atom. The largest absolute Gasteiger partial charge is 0.772 e. The Balaban J connectivity index is 1.80. The van der Waals surface area contributed by atoms with Gasteiger partial charge >= 0.3 is 6.18 Å². The Labute approximate surface area is 171 Å². The highest BCUT2D eigenvalue weighted by molar-refractivity contribution is 7.78. The molecule has 0 amide bonds. The first-order chi connectivity index (χ1) is 13.8. The van der Waals surface area contributed by atoms with E-state index in [9.17, 15) is 21.9 Å². The molecule has 3 nitrogen and oxygen atoms in total. The Kier molecular flexibility index (Phi) is 5.24. The minimum Gasteiger partial charge on any atom is -0.772 e. The number of alkyl halides is 3. The van der Waals surface area contributed by atoms with Gasteiger partial charge in [0.1, 0.15) is 0 Å². The van der Waals surface area contributed by atoms with Gasteiger partial charge in [-0.15, -0.1) is 11.3 Å². The van der Waals surface area contributed by atoms with Gasteiger partial charge in [0.25, 0.3) is 0 Å². The molecule has 2 aromatic carbocycles. The van der Waals surface area contributed by atoms with Gasteiger partial charge in [0, 0.05) is 27.1 Å². The highest BCUT2D eigenvalue weighted by Crippen LogP contribution is 2.38. The predicted octanol–water partition coefficient (Wildman–Crippen LogP) is 6.03. The van der Waals surface area contributed by atoms with E-state index in [2.05, 4.69) is 4.98 Å². The summed E-state index contributed by atoms with van der Waals surface area (Å²) >= 11 is -0.784. The van der Waals surface area contributed by atoms with Gasteiger partial charge in [-0.1, -0.05) is 30.3 Å². The maximum absolute atomic E-state index is 13.3. The molecule has 0 saturated carbocycles. The van der Waals surface area contributed by atoms with Crippen molar-refractivity contribution in [1.82, 2.24) is 4.98 Å². The molecule has 0 radical (unpaired) electrons. The van der Waals surface area contributed by atoms with Crippen molar-refractivity contribution in [1.29, 1.82) is 0 Å². The molecule has 4 rings (SSSR count). The van der Waals surface area contributed by atoms with Crippen LogP contribution < -0.4 is 0 Å². The fraction of sp³-hybridized carbons (Fsp3) is 0.0952. The third-order valence-corrected chi connectivity index (χ3v) is 6.32. The van der Waals surface area contributed by atoms with Crippen LogP contribution in [0.5, 0.6) is 0 Å². The lowest BCUT2D eigenvalue weighted by Gasteiger charge is -2.12. The summed E-state index contributed by atoms with van der Waals surface area (Å²) in [5.74, 6) is -0.0421. The Morgan fingerprint density at radius 1 is 1.00 bits per heavy atom. The number of halogens is 3. The van der Waals surface area contributed by atoms with Gasteiger partial charge < -0.3 is 4.55 Å². The van der Waals surface area contributed by atoms with Crippen molar-refractivity contribution in [3.05, 3.63) is 77.3 Å². The average molecular weight is 432 g/mol. The molecule has 2 heterocycles. The summed E-state index contributed by atoms with van der Waals surface area (Å²) < 4.78 is 61.8. The van der Waals surface area contributed by atoms with Gasteiger partial charge in [0.15, 0.2) is 0 Å². The quantitative estimate of drug-likeness (QED) is 0.370. The third kappa shape index (κ3) is 4.10. The highest BCUT2D eigenvalue weighted by atomic mass is 32.2. The van der Waals surface area contributed by atoms with E-state index < -0.39 is 22.8 Å². The monoisotopic (exact) mass is 432 g/mol. The number of rotatable bonds is 4. The molecular formula is C21H13F3NO2S2-. The molecule has 0 fully saturated rings. The van der Waals surface area contributed by atoms with Gasteiger partial charge in [0.05, 0.1) is 11.1 Å². The van der Waals surface area contributed by atoms with Crippen LogP contribution in [0.4, 0.5) is 13.2 Å². The lowest BCUT2D eigenvalue weighted by Crippen LogP contribution is -2.06. The number of nitrogens with zero attached hydrogens (tertiary/aromatic N) is 1. The Hall–Kier alpha value is -2.55. The van der Waals surface area contributed by atoms with Crippen molar-refractivity contribution in [3.8, 4) is 21.6 Å². The lowest BCUT2D eigenvalue weighted by molar-refractivity contribution is -0.136. The van der Waals surface area contributed by atoms with Crippen LogP contribution in [0.2, 0.25) is 0 Å². The first-order valence-corrected chi connectivity index (χ1v) is 10.6. The molecule has 8 heteroatoms. The first-order valence-electron chi connectivity index (χ1n) is 8.53. The zero-order valence-corrected chi connectivity index (χ0v) is 16.4. The number of benzene rings is 2. The van der Waals surface area contributed by atoms with E-state index in [0.717, 1.165) is 26.9 Å². The van der Waals surface area contributed by atoms with Crippen molar-refractivity contribution in [2.75, 3.05) is 0 Å². The molecule has 148 valence electrons. The van der Waals surface area contributed by atoms with Crippen molar-refractivity contribution in [2.24, 2.45) is 0 Å². The smallest absolute Gasteiger partial charge is 0.418 e. The van der Waals surface area contributed by atoms with Gasteiger partial charge in [-0.25, -0.2) is 0 Å². The van der Waals surface area contributed by atoms with Crippen molar-refractivity contribution < 1.29 is 21.9 Å². The summed E-state index contributed by atoms with van der Waals surface area (Å²) in [5.41, 5.74) is 1.44. The molecule has 1 unspecified atom stereocenters. The minimum atomic E-state index is -4.48. The maximum atomic E-state index is 13.3. The van der Waals surface area contributed by atoms with Gasteiger partial charge in [-0.3, -0.25) is 9.19 Å². The fourth-order valence-electron chi connectivity index (χ4n) is 3.22. The van der Waals surface area contributed by atoms with Crippen LogP contribution in [0.15, 0.2) is 66.9 Å². The zero-order valence-electron chi connectivity index (χ0n) is 14.8. The molecule has 4 aromatic rings. The van der Waals surface area contributed by atoms with E-state index in [0.29, 0.717) is 10.9 Å². The Morgan fingerprint density at radius 3 is 2.52 bits per heavy atom. The summed E-state index contributed by atoms with van der Waals surface area (Å²) in [6.07, 6.45) is -3.10. The summed E-state index contributed by atoms with van der Waals surface area (Å²) in [5, 5.41) is 0.424. The van der Waals surface area contributed by atoms with Crippen LogP contribution in [0.25, 0.3) is 32.5 Å². The second-order valence-corrected chi connectivity index (χ2v) is 8.42. The number of hydrogen-bond donors (Lipinski definition) is 0. The topological polar surface area (TPSA) is 53.0 Å². The van der Waals surface area contributed by atoms with E-state index in [1.54, 1.807) is 18.2 Å². The SMILES string of the molecule is O=S([O-])Cc1ccc(-c2cccc(-c3ccnc4c(C(F)(F)F)cccc34)c2)s1. The van der Waals surface area contributed by atoms with Gasteiger partial charge in [-0.2, -0.15) is 13.2 Å². The van der Waals surface area contributed by atoms with Crippen molar-refractivity contribution >= 4 is 33.3 Å². The van der Waals surface area contributed by atoms with Crippen molar-refractivity contribution in [2.45, 2.75) is 11.9 Å². The van der Waals surface area contributed by atoms with E-state index >= 15 is 0 Å². The van der Waals surface area contributed by atoms with E-state index in [4.69, 9.17) is 0 Å². The van der Waals surface area contributed by atoms with Crippen LogP contribution >= 0.6 is 11.3 Å². The average Bonchev–Trinajstić information content (AvgIpc) is 3.14. The second kappa shape index (κ2) is 7.70. The number of hydrogen-bond acceptors (Lipinski definition) is 4. The molecule has 1 atom stereocenters. The minimum absolute atomic E-state index is 0.0421. The van der Waals surface area contributed by atoms with E-state index in [1.807, 2.05) is 30.3 Å². The molecule has 0 spiro atoms. The maximum Gasteiger partial charge on any atom is 0.418 e. The fourth-order valence-corrected chi connectivity index (χ4v) is 4.88. The summed E-state index contributed by atoms with van der Waals surface area (Å²) in [6, 6.07) is 16.8. The van der Waals surface area contributed by atoms with Crippen LogP contribution in [-0.4, -0.2) is 13.7 Å². The van der Waals surface area contributed by atoms with E-state index in [-0.39, 0.29) is 11.3 Å². The Bertz CT molecular complexity index is 1220. The number of thiophene rings is 1. The molecule has 0 aliphatic heterocycles. The van der Waals surface area contributed by atoms with Crippen molar-refractivity contribution in [3.63, 3.8) is 0 Å². The van der Waals surface area contributed by atoms with Gasteiger partial charge in [0.2, 0.25) is 0 Å². The second-order valence-electron chi connectivity index (χ2n) is 6.35. The normalized spacial score (nSPS) is 13.0. The van der Waals surface area contributed by atoms with Crippen LogP contribution in [-0.2, 0) is 23.0 Å². The van der Waals surface area contributed by atoms with Gasteiger partial charge in [-0.05, 0) is 58.1 Å². The van der Waals surface area contributed by atoms with Crippen LogP contribution in [0.1, 0.15) is 10.4 Å². The molecule has 0 aliphatic carbocycles. The summed E-state index contributed by atoms with van der Waals surface area (Å²) in [4.78, 5) is 5.58. The molecule has 0 saturated heterocycles. The summed E-state index contributed by atoms with van der Waals surface area (Å²) in [6.45, 7) is 0. The molecule has 29 heavy (non-hydrogen) atoms. The first kappa shape index (κ1) is 19.8. The molecule has 0 aliphatic rings. The highest BCUT2D eigenvalue weighted by Gasteiger charge is 2.33. The van der Waals surface area contributed by atoms with E-state index in [1.165, 1.54) is 23.6 Å². The van der Waals surface area contributed by atoms with Crippen LogP contribution in [0, 0.1) is 0 Å². The standard InChI is InChI=1S/C21H14F3NO2S2/c22-21(23,24)18-6-2-5-17-16(9-10-25-20(17)18)13-3-1-4-14(11-13)19-8-7-15(28-19)12-29(26)27/h1-11H,12H2,(H,26,27)/p-1. The number of aromatic nitrogens is 1. The number of pyridine rings is 1. The lowest BCUT2D eigenvalue weighted by atomic mass is 9.97. The zero-order chi connectivity index (χ0) is 20.6. The van der Waals surface area contributed by atoms with Crippen LogP contribution in [0.3, 0.4) is 0 Å².